The van der Waals surface area contributed by atoms with E-state index in [-0.39, 0.29) is 0 Å². The number of hydrogen-bond donors (Lipinski definition) is 1. The lowest BCUT2D eigenvalue weighted by atomic mass is 10.2. The van der Waals surface area contributed by atoms with Gasteiger partial charge in [-0.05, 0) is 36.7 Å². The van der Waals surface area contributed by atoms with Crippen LogP contribution in [-0.4, -0.2) is 24.5 Å². The van der Waals surface area contributed by atoms with Crippen LogP contribution in [0.25, 0.3) is 21.4 Å². The van der Waals surface area contributed by atoms with Crippen molar-refractivity contribution < 1.29 is 0 Å². The van der Waals surface area contributed by atoms with Gasteiger partial charge in [-0.3, -0.25) is 0 Å². The Kier molecular flexibility index (Phi) is 5.16. The first-order valence-corrected chi connectivity index (χ1v) is 10.3. The van der Waals surface area contributed by atoms with Crippen LogP contribution in [0.4, 0.5) is 5.82 Å². The zero-order chi connectivity index (χ0) is 18.8. The van der Waals surface area contributed by atoms with Crippen molar-refractivity contribution in [3.63, 3.8) is 0 Å². The molecular formula is C18H15ClN6S2. The minimum absolute atomic E-state index is 0.372. The fraction of sp³-hybridized carbons (Fsp3) is 0.222. The summed E-state index contributed by atoms with van der Waals surface area (Å²) in [5, 5.41) is 1.49. The fourth-order valence-electron chi connectivity index (χ4n) is 2.73. The summed E-state index contributed by atoms with van der Waals surface area (Å²) in [4.78, 5) is 17.8. The van der Waals surface area contributed by atoms with Crippen molar-refractivity contribution in [1.82, 2.24) is 24.5 Å². The molecule has 0 saturated heterocycles. The summed E-state index contributed by atoms with van der Waals surface area (Å²) in [7, 11) is 0. The predicted molar refractivity (Wildman–Crippen MR) is 111 cm³/mol. The molecule has 0 spiro atoms. The molecule has 0 aliphatic rings. The number of unbranched alkanes of at least 4 members (excludes halogenated alkanes) is 2. The maximum Gasteiger partial charge on any atom is 0.177 e. The highest BCUT2D eigenvalue weighted by Gasteiger charge is 2.17. The molecule has 4 rings (SSSR count). The van der Waals surface area contributed by atoms with E-state index in [1.807, 2.05) is 18.2 Å². The first-order valence-electron chi connectivity index (χ1n) is 8.30. The monoisotopic (exact) mass is 414 g/mol. The first-order chi connectivity index (χ1) is 13.2. The van der Waals surface area contributed by atoms with Crippen LogP contribution in [0.5, 0.6) is 0 Å². The number of nitrogens with zero attached hydrogens (tertiary/aromatic N) is 5. The van der Waals surface area contributed by atoms with Crippen molar-refractivity contribution in [3.05, 3.63) is 29.5 Å². The highest BCUT2D eigenvalue weighted by molar-refractivity contribution is 8.01. The normalized spacial score (nSPS) is 11.3. The highest BCUT2D eigenvalue weighted by Crippen LogP contribution is 2.38. The van der Waals surface area contributed by atoms with Crippen LogP contribution in [0, 0.1) is 12.3 Å². The number of thiazole rings is 1. The summed E-state index contributed by atoms with van der Waals surface area (Å²) in [6.07, 6.45) is 9.44. The third-order valence-electron chi connectivity index (χ3n) is 4.00. The van der Waals surface area contributed by atoms with Crippen LogP contribution in [0.2, 0.25) is 5.02 Å². The molecule has 0 amide bonds. The molecule has 1 aromatic carbocycles. The number of terminal acetylenes is 1. The molecule has 136 valence electrons. The van der Waals surface area contributed by atoms with Crippen LogP contribution < -0.4 is 5.73 Å². The van der Waals surface area contributed by atoms with Gasteiger partial charge in [-0.1, -0.05) is 17.7 Å². The first kappa shape index (κ1) is 18.0. The van der Waals surface area contributed by atoms with Crippen molar-refractivity contribution in [2.75, 3.05) is 5.73 Å². The number of nitrogens with two attached hydrogens (primary N) is 1. The van der Waals surface area contributed by atoms with Crippen LogP contribution in [-0.2, 0) is 6.54 Å². The van der Waals surface area contributed by atoms with E-state index in [1.54, 1.807) is 11.3 Å². The number of aryl methyl sites for hydroxylation is 1. The van der Waals surface area contributed by atoms with Crippen molar-refractivity contribution in [3.8, 4) is 12.3 Å². The summed E-state index contributed by atoms with van der Waals surface area (Å²) in [5.41, 5.74) is 8.21. The van der Waals surface area contributed by atoms with Gasteiger partial charge in [0.25, 0.3) is 0 Å². The number of hydrogen-bond acceptors (Lipinski definition) is 7. The number of aromatic nitrogens is 5. The molecule has 0 bridgehead atoms. The van der Waals surface area contributed by atoms with Crippen molar-refractivity contribution >= 4 is 61.9 Å². The van der Waals surface area contributed by atoms with Crippen molar-refractivity contribution in [2.24, 2.45) is 0 Å². The number of nitrogen functional groups attached to an aromatic ring is 1. The third kappa shape index (κ3) is 3.58. The van der Waals surface area contributed by atoms with Gasteiger partial charge in [0, 0.05) is 13.0 Å². The van der Waals surface area contributed by atoms with Crippen molar-refractivity contribution in [1.29, 1.82) is 0 Å². The molecule has 3 aromatic heterocycles. The van der Waals surface area contributed by atoms with E-state index in [9.17, 15) is 0 Å². The second-order valence-electron chi connectivity index (χ2n) is 5.81. The van der Waals surface area contributed by atoms with Gasteiger partial charge >= 0.3 is 0 Å². The third-order valence-corrected chi connectivity index (χ3v) is 6.59. The van der Waals surface area contributed by atoms with Crippen LogP contribution in [0.3, 0.4) is 0 Å². The molecule has 2 N–H and O–H groups in total. The molecule has 0 unspecified atom stereocenters. The number of halogens is 1. The summed E-state index contributed by atoms with van der Waals surface area (Å²) < 4.78 is 3.89. The summed E-state index contributed by atoms with van der Waals surface area (Å²) in [5.74, 6) is 3.04. The Morgan fingerprint density at radius 3 is 2.96 bits per heavy atom. The Morgan fingerprint density at radius 1 is 1.26 bits per heavy atom. The number of fused-ring (bicyclic) bond motifs is 2. The molecule has 0 radical (unpaired) electrons. The standard InChI is InChI=1S/C18H15ClN6S2/c1-2-3-4-5-9-25-16-13(15(20)21-10-22-16)24-17(25)27-18-23-12-8-6-7-11(19)14(12)26-18/h1,6-8,10H,3-5,9H2,(H2,20,21,22). The van der Waals surface area contributed by atoms with Crippen LogP contribution in [0.15, 0.2) is 34.0 Å². The number of rotatable bonds is 6. The van der Waals surface area contributed by atoms with E-state index in [0.29, 0.717) is 16.4 Å². The largest absolute Gasteiger partial charge is 0.382 e. The number of anilines is 1. The van der Waals surface area contributed by atoms with E-state index in [0.717, 1.165) is 51.2 Å². The van der Waals surface area contributed by atoms with Gasteiger partial charge in [-0.25, -0.2) is 19.9 Å². The zero-order valence-corrected chi connectivity index (χ0v) is 16.6. The van der Waals surface area contributed by atoms with E-state index < -0.39 is 0 Å². The Morgan fingerprint density at radius 2 is 2.15 bits per heavy atom. The maximum atomic E-state index is 6.28. The Hall–Kier alpha value is -2.34. The van der Waals surface area contributed by atoms with Gasteiger partial charge < -0.3 is 10.3 Å². The zero-order valence-electron chi connectivity index (χ0n) is 14.2. The summed E-state index contributed by atoms with van der Waals surface area (Å²) in [6, 6.07) is 5.72. The summed E-state index contributed by atoms with van der Waals surface area (Å²) >= 11 is 9.31. The molecular weight excluding hydrogens is 400 g/mol. The van der Waals surface area contributed by atoms with E-state index in [2.05, 4.69) is 30.4 Å². The average molecular weight is 415 g/mol. The fourth-order valence-corrected chi connectivity index (χ4v) is 5.08. The topological polar surface area (TPSA) is 82.5 Å². The smallest absolute Gasteiger partial charge is 0.177 e. The quantitative estimate of drug-likeness (QED) is 0.366. The molecule has 6 nitrogen and oxygen atoms in total. The molecule has 0 fully saturated rings. The maximum absolute atomic E-state index is 6.28. The van der Waals surface area contributed by atoms with Gasteiger partial charge in [0.1, 0.15) is 6.33 Å². The lowest BCUT2D eigenvalue weighted by molar-refractivity contribution is 0.587. The van der Waals surface area contributed by atoms with Crippen LogP contribution >= 0.6 is 34.7 Å². The molecule has 0 aliphatic heterocycles. The SMILES string of the molecule is C#CCCCCn1c(Sc2nc3cccc(Cl)c3s2)nc2c(N)ncnc21. The molecule has 4 aromatic rings. The van der Waals surface area contributed by atoms with Gasteiger partial charge in [0.2, 0.25) is 0 Å². The molecule has 0 aliphatic carbocycles. The summed E-state index contributed by atoms with van der Waals surface area (Å²) in [6.45, 7) is 0.753. The molecule has 0 saturated carbocycles. The molecule has 0 atom stereocenters. The minimum Gasteiger partial charge on any atom is -0.382 e. The van der Waals surface area contributed by atoms with Gasteiger partial charge in [0.05, 0.1) is 15.2 Å². The van der Waals surface area contributed by atoms with E-state index in [1.165, 1.54) is 18.1 Å². The Bertz CT molecular complexity index is 1160. The lowest BCUT2D eigenvalue weighted by Crippen LogP contribution is -2.02. The average Bonchev–Trinajstić information content (AvgIpc) is 3.22. The Labute approximate surface area is 169 Å². The second-order valence-corrected chi connectivity index (χ2v) is 8.43. The lowest BCUT2D eigenvalue weighted by Gasteiger charge is -2.06. The molecule has 9 heteroatoms. The van der Waals surface area contributed by atoms with E-state index >= 15 is 0 Å². The minimum atomic E-state index is 0.372. The van der Waals surface area contributed by atoms with Crippen molar-refractivity contribution in [2.45, 2.75) is 35.3 Å². The number of benzene rings is 1. The molecule has 27 heavy (non-hydrogen) atoms. The highest BCUT2D eigenvalue weighted by atomic mass is 35.5. The molecule has 3 heterocycles. The van der Waals surface area contributed by atoms with Gasteiger partial charge in [0.15, 0.2) is 26.5 Å². The second kappa shape index (κ2) is 7.72. The number of imidazole rings is 1. The predicted octanol–water partition coefficient (Wildman–Crippen LogP) is 4.63. The van der Waals surface area contributed by atoms with Gasteiger partial charge in [-0.2, -0.15) is 0 Å². The van der Waals surface area contributed by atoms with Crippen LogP contribution in [0.1, 0.15) is 19.3 Å². The van der Waals surface area contributed by atoms with Gasteiger partial charge in [-0.15, -0.1) is 23.7 Å². The Balaban J connectivity index is 1.71. The van der Waals surface area contributed by atoms with E-state index in [4.69, 9.17) is 23.8 Å².